The lowest BCUT2D eigenvalue weighted by Crippen LogP contribution is -2.31. The van der Waals surface area contributed by atoms with Gasteiger partial charge in [-0.2, -0.15) is 5.10 Å². The molecule has 2 aromatic rings. The number of carbonyl (C=O) groups excluding carboxylic acids is 1. The van der Waals surface area contributed by atoms with Gasteiger partial charge in [0.05, 0.1) is 31.0 Å². The maximum atomic E-state index is 12.9. The van der Waals surface area contributed by atoms with Crippen molar-refractivity contribution in [1.82, 2.24) is 15.1 Å². The van der Waals surface area contributed by atoms with Gasteiger partial charge in [-0.1, -0.05) is 11.6 Å². The van der Waals surface area contributed by atoms with Gasteiger partial charge in [-0.3, -0.25) is 9.48 Å². The highest BCUT2D eigenvalue weighted by Crippen LogP contribution is 2.30. The summed E-state index contributed by atoms with van der Waals surface area (Å²) in [5.74, 6) is 0.820. The molecule has 0 spiro atoms. The monoisotopic (exact) mass is 387 g/mol. The number of hydrogen-bond donors (Lipinski definition) is 1. The number of aromatic nitrogens is 2. The Hall–Kier alpha value is -2.35. The van der Waals surface area contributed by atoms with E-state index in [2.05, 4.69) is 10.4 Å². The molecule has 0 radical (unpaired) electrons. The third kappa shape index (κ3) is 4.24. The zero-order valence-electron chi connectivity index (χ0n) is 14.8. The van der Waals surface area contributed by atoms with Gasteiger partial charge in [-0.25, -0.2) is 8.78 Å². The molecule has 1 atom stereocenters. The summed E-state index contributed by atoms with van der Waals surface area (Å²) in [6.45, 7) is 3.08. The summed E-state index contributed by atoms with van der Waals surface area (Å²) in [6.07, 6.45) is -2.80. The molecule has 6 nitrogen and oxygen atoms in total. The molecule has 1 heterocycles. The van der Waals surface area contributed by atoms with Gasteiger partial charge < -0.3 is 14.8 Å². The molecular weight excluding hydrogens is 368 g/mol. The molecule has 1 N–H and O–H groups in total. The molecule has 26 heavy (non-hydrogen) atoms. The van der Waals surface area contributed by atoms with Crippen molar-refractivity contribution in [3.63, 3.8) is 0 Å². The lowest BCUT2D eigenvalue weighted by atomic mass is 10.1. The van der Waals surface area contributed by atoms with E-state index in [9.17, 15) is 13.6 Å². The van der Waals surface area contributed by atoms with E-state index in [1.54, 1.807) is 32.2 Å². The van der Waals surface area contributed by atoms with Crippen LogP contribution in [0.2, 0.25) is 5.02 Å². The van der Waals surface area contributed by atoms with Crippen LogP contribution < -0.4 is 14.8 Å². The molecule has 1 amide bonds. The molecule has 1 unspecified atom stereocenters. The van der Waals surface area contributed by atoms with E-state index in [0.717, 1.165) is 10.2 Å². The Morgan fingerprint density at radius 2 is 2.04 bits per heavy atom. The van der Waals surface area contributed by atoms with E-state index in [1.165, 1.54) is 14.0 Å². The molecule has 9 heteroatoms. The van der Waals surface area contributed by atoms with Crippen molar-refractivity contribution < 1.29 is 23.0 Å². The second-order valence-electron chi connectivity index (χ2n) is 5.64. The summed E-state index contributed by atoms with van der Waals surface area (Å²) in [4.78, 5) is 12.3. The van der Waals surface area contributed by atoms with Gasteiger partial charge in [0.15, 0.2) is 0 Å². The molecule has 0 saturated heterocycles. The van der Waals surface area contributed by atoms with Crippen molar-refractivity contribution in [2.75, 3.05) is 14.2 Å². The fourth-order valence-corrected chi connectivity index (χ4v) is 2.74. The third-order valence-electron chi connectivity index (χ3n) is 3.94. The fraction of sp³-hybridized carbons (Fsp3) is 0.412. The number of rotatable bonds is 7. The summed E-state index contributed by atoms with van der Waals surface area (Å²) >= 11 is 5.84. The highest BCUT2D eigenvalue weighted by atomic mass is 35.5. The first-order chi connectivity index (χ1) is 12.3. The van der Waals surface area contributed by atoms with Crippen LogP contribution in [0.15, 0.2) is 18.2 Å². The van der Waals surface area contributed by atoms with Crippen molar-refractivity contribution in [2.45, 2.75) is 32.9 Å². The maximum absolute atomic E-state index is 12.9. The van der Waals surface area contributed by atoms with Crippen LogP contribution in [0.25, 0.3) is 0 Å². The number of halogens is 3. The van der Waals surface area contributed by atoms with Crippen LogP contribution in [0.4, 0.5) is 8.78 Å². The second-order valence-corrected chi connectivity index (χ2v) is 6.02. The first kappa shape index (κ1) is 20.0. The molecular formula is C17H20ClF2N3O3. The van der Waals surface area contributed by atoms with E-state index in [4.69, 9.17) is 21.1 Å². The Morgan fingerprint density at radius 3 is 2.58 bits per heavy atom. The van der Waals surface area contributed by atoms with Gasteiger partial charge >= 0.3 is 0 Å². The quantitative estimate of drug-likeness (QED) is 0.787. The zero-order chi connectivity index (χ0) is 19.4. The predicted octanol–water partition coefficient (Wildman–Crippen LogP) is 3.68. The van der Waals surface area contributed by atoms with Crippen molar-refractivity contribution in [3.05, 3.63) is 40.2 Å². The van der Waals surface area contributed by atoms with Gasteiger partial charge in [0, 0.05) is 5.56 Å². The standard InChI is InChI=1S/C17H20ClF2N3O3/c1-9(12-7-11(25-3)5-6-13(12)26-4)21-14(24)8-23-10(2)15(18)16(22-23)17(19)20/h5-7,9,17H,8H2,1-4H3,(H,21,24). The molecule has 0 aliphatic rings. The number of ether oxygens (including phenoxy) is 2. The topological polar surface area (TPSA) is 65.4 Å². The predicted molar refractivity (Wildman–Crippen MR) is 93.0 cm³/mol. The fourth-order valence-electron chi connectivity index (χ4n) is 2.52. The van der Waals surface area contributed by atoms with E-state index in [-0.39, 0.29) is 11.6 Å². The van der Waals surface area contributed by atoms with Gasteiger partial charge in [0.1, 0.15) is 23.7 Å². The van der Waals surface area contributed by atoms with Crippen molar-refractivity contribution in [3.8, 4) is 11.5 Å². The van der Waals surface area contributed by atoms with Crippen molar-refractivity contribution in [2.24, 2.45) is 0 Å². The number of benzene rings is 1. The molecule has 0 bridgehead atoms. The Kier molecular flexibility index (Phi) is 6.42. The highest BCUT2D eigenvalue weighted by Gasteiger charge is 2.22. The number of carbonyl (C=O) groups is 1. The summed E-state index contributed by atoms with van der Waals surface area (Å²) in [5.41, 5.74) is 0.506. The normalized spacial score (nSPS) is 12.2. The van der Waals surface area contributed by atoms with Crippen LogP contribution in [0.1, 0.15) is 36.3 Å². The minimum atomic E-state index is -2.80. The number of nitrogens with zero attached hydrogens (tertiary/aromatic N) is 2. The van der Waals surface area contributed by atoms with Crippen molar-refractivity contribution >= 4 is 17.5 Å². The SMILES string of the molecule is COc1ccc(OC)c(C(C)NC(=O)Cn2nc(C(F)F)c(Cl)c2C)c1. The second kappa shape index (κ2) is 8.35. The van der Waals surface area contributed by atoms with Crippen LogP contribution >= 0.6 is 11.6 Å². The van der Waals surface area contributed by atoms with Crippen LogP contribution in [-0.2, 0) is 11.3 Å². The number of methoxy groups -OCH3 is 2. The minimum Gasteiger partial charge on any atom is -0.497 e. The van der Waals surface area contributed by atoms with Crippen LogP contribution in [0.3, 0.4) is 0 Å². The first-order valence-corrected chi connectivity index (χ1v) is 8.18. The summed E-state index contributed by atoms with van der Waals surface area (Å²) in [6, 6.07) is 4.85. The lowest BCUT2D eigenvalue weighted by molar-refractivity contribution is -0.122. The van der Waals surface area contributed by atoms with Gasteiger partial charge in [0.25, 0.3) is 6.43 Å². The van der Waals surface area contributed by atoms with Crippen LogP contribution in [-0.4, -0.2) is 29.9 Å². The van der Waals surface area contributed by atoms with E-state index >= 15 is 0 Å². The summed E-state index contributed by atoms with van der Waals surface area (Å²) in [7, 11) is 3.07. The molecule has 0 saturated carbocycles. The molecule has 2 rings (SSSR count). The largest absolute Gasteiger partial charge is 0.497 e. The summed E-state index contributed by atoms with van der Waals surface area (Å²) in [5, 5.41) is 6.38. The third-order valence-corrected chi connectivity index (χ3v) is 4.41. The van der Waals surface area contributed by atoms with Crippen LogP contribution in [0, 0.1) is 6.92 Å². The number of amides is 1. The molecule has 0 fully saturated rings. The first-order valence-electron chi connectivity index (χ1n) is 7.80. The smallest absolute Gasteiger partial charge is 0.283 e. The molecule has 1 aromatic heterocycles. The highest BCUT2D eigenvalue weighted by molar-refractivity contribution is 6.31. The van der Waals surface area contributed by atoms with Crippen molar-refractivity contribution in [1.29, 1.82) is 0 Å². The number of nitrogens with one attached hydrogen (secondary N) is 1. The minimum absolute atomic E-state index is 0.129. The Bertz CT molecular complexity index is 796. The lowest BCUT2D eigenvalue weighted by Gasteiger charge is -2.18. The van der Waals surface area contributed by atoms with Gasteiger partial charge in [-0.15, -0.1) is 0 Å². The maximum Gasteiger partial charge on any atom is 0.283 e. The van der Waals surface area contributed by atoms with E-state index < -0.39 is 24.1 Å². The summed E-state index contributed by atoms with van der Waals surface area (Å²) < 4.78 is 37.4. The molecule has 142 valence electrons. The van der Waals surface area contributed by atoms with E-state index in [0.29, 0.717) is 17.2 Å². The number of hydrogen-bond acceptors (Lipinski definition) is 4. The van der Waals surface area contributed by atoms with Gasteiger partial charge in [0.2, 0.25) is 5.91 Å². The zero-order valence-corrected chi connectivity index (χ0v) is 15.6. The van der Waals surface area contributed by atoms with Crippen LogP contribution in [0.5, 0.6) is 11.5 Å². The molecule has 0 aliphatic heterocycles. The molecule has 0 aliphatic carbocycles. The average molecular weight is 388 g/mol. The Morgan fingerprint density at radius 1 is 1.35 bits per heavy atom. The average Bonchev–Trinajstić information content (AvgIpc) is 2.89. The Balaban J connectivity index is 2.14. The number of alkyl halides is 2. The molecule has 1 aromatic carbocycles. The van der Waals surface area contributed by atoms with E-state index in [1.807, 2.05) is 0 Å². The Labute approximate surface area is 155 Å². The van der Waals surface area contributed by atoms with Gasteiger partial charge in [-0.05, 0) is 32.0 Å².